The molecule has 0 saturated carbocycles. The van der Waals surface area contributed by atoms with E-state index in [1.54, 1.807) is 29.0 Å². The number of benzene rings is 2. The van der Waals surface area contributed by atoms with Crippen LogP contribution in [0.25, 0.3) is 0 Å². The van der Waals surface area contributed by atoms with Crippen LogP contribution in [0.1, 0.15) is 31.4 Å². The number of methoxy groups -OCH3 is 1. The summed E-state index contributed by atoms with van der Waals surface area (Å²) >= 11 is 0. The Labute approximate surface area is 171 Å². The van der Waals surface area contributed by atoms with Crippen LogP contribution in [-0.2, 0) is 16.1 Å². The molecule has 1 heterocycles. The van der Waals surface area contributed by atoms with Crippen LogP contribution >= 0.6 is 0 Å². The van der Waals surface area contributed by atoms with Crippen molar-refractivity contribution in [3.05, 3.63) is 59.7 Å². The normalized spacial score (nSPS) is 16.0. The van der Waals surface area contributed by atoms with Gasteiger partial charge >= 0.3 is 0 Å². The van der Waals surface area contributed by atoms with Gasteiger partial charge in [-0.2, -0.15) is 5.26 Å². The lowest BCUT2D eigenvalue weighted by Gasteiger charge is -2.29. The van der Waals surface area contributed by atoms with Crippen LogP contribution in [0.15, 0.2) is 48.5 Å². The second kappa shape index (κ2) is 8.78. The van der Waals surface area contributed by atoms with Crippen LogP contribution in [0.4, 0.5) is 5.69 Å². The molecule has 6 heteroatoms. The molecule has 1 unspecified atom stereocenters. The van der Waals surface area contributed by atoms with Crippen molar-refractivity contribution in [1.82, 2.24) is 4.90 Å². The summed E-state index contributed by atoms with van der Waals surface area (Å²) in [6, 6.07) is 16.7. The average molecular weight is 391 g/mol. The molecule has 1 aliphatic heterocycles. The van der Waals surface area contributed by atoms with Crippen LogP contribution in [0.5, 0.6) is 5.75 Å². The van der Waals surface area contributed by atoms with E-state index >= 15 is 0 Å². The summed E-state index contributed by atoms with van der Waals surface area (Å²) in [5.41, 5.74) is 2.24. The van der Waals surface area contributed by atoms with Crippen molar-refractivity contribution in [1.29, 1.82) is 5.26 Å². The summed E-state index contributed by atoms with van der Waals surface area (Å²) in [6.45, 7) is 4.73. The standard InChI is InChI=1S/C23H25N3O3/c1-16(2)25(14-18-10-8-17(13-24)9-11-18)23(28)19-12-22(27)26(15-19)20-6-4-5-7-21(20)29-3/h4-11,16,19H,12,14-15H2,1-3H3. The Morgan fingerprint density at radius 2 is 1.93 bits per heavy atom. The third-order valence-corrected chi connectivity index (χ3v) is 5.19. The minimum absolute atomic E-state index is 0.00597. The van der Waals surface area contributed by atoms with Crippen molar-refractivity contribution in [2.45, 2.75) is 32.9 Å². The molecule has 6 nitrogen and oxygen atoms in total. The van der Waals surface area contributed by atoms with Gasteiger partial charge in [-0.05, 0) is 43.7 Å². The van der Waals surface area contributed by atoms with Gasteiger partial charge < -0.3 is 14.5 Å². The number of nitrogens with zero attached hydrogens (tertiary/aromatic N) is 3. The number of anilines is 1. The molecule has 1 atom stereocenters. The van der Waals surface area contributed by atoms with Gasteiger partial charge in [0.05, 0.1) is 30.3 Å². The van der Waals surface area contributed by atoms with E-state index in [-0.39, 0.29) is 24.3 Å². The molecular weight excluding hydrogens is 366 g/mol. The van der Waals surface area contributed by atoms with Gasteiger partial charge in [-0.1, -0.05) is 24.3 Å². The van der Waals surface area contributed by atoms with Gasteiger partial charge in [0.1, 0.15) is 5.75 Å². The smallest absolute Gasteiger partial charge is 0.228 e. The zero-order chi connectivity index (χ0) is 21.0. The van der Waals surface area contributed by atoms with E-state index in [0.717, 1.165) is 5.56 Å². The molecule has 1 fully saturated rings. The Morgan fingerprint density at radius 3 is 2.55 bits per heavy atom. The highest BCUT2D eigenvalue weighted by atomic mass is 16.5. The number of carbonyl (C=O) groups excluding carboxylic acids is 2. The first-order chi connectivity index (χ1) is 13.9. The van der Waals surface area contributed by atoms with E-state index in [9.17, 15) is 9.59 Å². The van der Waals surface area contributed by atoms with E-state index in [1.165, 1.54) is 0 Å². The average Bonchev–Trinajstić information content (AvgIpc) is 3.13. The number of rotatable bonds is 6. The number of hydrogen-bond donors (Lipinski definition) is 0. The van der Waals surface area contributed by atoms with Crippen LogP contribution < -0.4 is 9.64 Å². The molecule has 0 radical (unpaired) electrons. The summed E-state index contributed by atoms with van der Waals surface area (Å²) in [7, 11) is 1.57. The molecule has 2 aromatic rings. The first kappa shape index (κ1) is 20.4. The zero-order valence-electron chi connectivity index (χ0n) is 17.0. The number of carbonyl (C=O) groups is 2. The van der Waals surface area contributed by atoms with Gasteiger partial charge in [-0.3, -0.25) is 9.59 Å². The lowest BCUT2D eigenvalue weighted by atomic mass is 10.0. The Hall–Kier alpha value is -3.33. The number of ether oxygens (including phenoxy) is 1. The molecular formula is C23H25N3O3. The SMILES string of the molecule is COc1ccccc1N1CC(C(=O)N(Cc2ccc(C#N)cc2)C(C)C)CC1=O. The molecule has 3 rings (SSSR count). The van der Waals surface area contributed by atoms with E-state index in [2.05, 4.69) is 6.07 Å². The van der Waals surface area contributed by atoms with Crippen molar-refractivity contribution in [3.8, 4) is 11.8 Å². The molecule has 2 aromatic carbocycles. The molecule has 1 aliphatic rings. The fourth-order valence-electron chi connectivity index (χ4n) is 3.59. The number of hydrogen-bond acceptors (Lipinski definition) is 4. The topological polar surface area (TPSA) is 73.6 Å². The highest BCUT2D eigenvalue weighted by Crippen LogP contribution is 2.33. The maximum absolute atomic E-state index is 13.3. The zero-order valence-corrected chi connectivity index (χ0v) is 17.0. The van der Waals surface area contributed by atoms with Crippen molar-refractivity contribution >= 4 is 17.5 Å². The van der Waals surface area contributed by atoms with Crippen molar-refractivity contribution in [2.75, 3.05) is 18.6 Å². The van der Waals surface area contributed by atoms with Gasteiger partial charge in [0.2, 0.25) is 11.8 Å². The fourth-order valence-corrected chi connectivity index (χ4v) is 3.59. The third kappa shape index (κ3) is 4.40. The monoisotopic (exact) mass is 391 g/mol. The van der Waals surface area contributed by atoms with Crippen LogP contribution in [-0.4, -0.2) is 36.4 Å². The first-order valence-corrected chi connectivity index (χ1v) is 9.67. The van der Waals surface area contributed by atoms with Crippen molar-refractivity contribution in [2.24, 2.45) is 5.92 Å². The molecule has 0 spiro atoms. The lowest BCUT2D eigenvalue weighted by Crippen LogP contribution is -2.41. The minimum Gasteiger partial charge on any atom is -0.495 e. The summed E-state index contributed by atoms with van der Waals surface area (Å²) in [5, 5.41) is 8.95. The largest absolute Gasteiger partial charge is 0.495 e. The van der Waals surface area contributed by atoms with Gasteiger partial charge in [0.15, 0.2) is 0 Å². The van der Waals surface area contributed by atoms with Gasteiger partial charge in [0.25, 0.3) is 0 Å². The van der Waals surface area contributed by atoms with E-state index < -0.39 is 5.92 Å². The maximum atomic E-state index is 13.3. The van der Waals surface area contributed by atoms with Crippen molar-refractivity contribution in [3.63, 3.8) is 0 Å². The van der Waals surface area contributed by atoms with E-state index in [0.29, 0.717) is 30.1 Å². The highest BCUT2D eigenvalue weighted by Gasteiger charge is 2.38. The number of para-hydroxylation sites is 2. The molecule has 1 saturated heterocycles. The summed E-state index contributed by atoms with van der Waals surface area (Å²) < 4.78 is 5.37. The van der Waals surface area contributed by atoms with Crippen molar-refractivity contribution < 1.29 is 14.3 Å². The molecule has 0 N–H and O–H groups in total. The number of amides is 2. The number of nitriles is 1. The Morgan fingerprint density at radius 1 is 1.24 bits per heavy atom. The lowest BCUT2D eigenvalue weighted by molar-refractivity contribution is -0.138. The second-order valence-electron chi connectivity index (χ2n) is 7.45. The molecule has 29 heavy (non-hydrogen) atoms. The Kier molecular flexibility index (Phi) is 6.18. The summed E-state index contributed by atoms with van der Waals surface area (Å²) in [5.74, 6) is 0.116. The van der Waals surface area contributed by atoms with E-state index in [4.69, 9.17) is 10.00 Å². The first-order valence-electron chi connectivity index (χ1n) is 9.67. The molecule has 2 amide bonds. The molecule has 0 bridgehead atoms. The molecule has 0 aromatic heterocycles. The van der Waals surface area contributed by atoms with Crippen LogP contribution in [0.2, 0.25) is 0 Å². The molecule has 0 aliphatic carbocycles. The van der Waals surface area contributed by atoms with Gasteiger partial charge in [0, 0.05) is 25.6 Å². The summed E-state index contributed by atoms with van der Waals surface area (Å²) in [6.07, 6.45) is 0.188. The quantitative estimate of drug-likeness (QED) is 0.757. The minimum atomic E-state index is -0.395. The maximum Gasteiger partial charge on any atom is 0.228 e. The second-order valence-corrected chi connectivity index (χ2v) is 7.45. The Bertz CT molecular complexity index is 931. The van der Waals surface area contributed by atoms with Crippen LogP contribution in [0.3, 0.4) is 0 Å². The van der Waals surface area contributed by atoms with Gasteiger partial charge in [-0.25, -0.2) is 0 Å². The van der Waals surface area contributed by atoms with Crippen LogP contribution in [0, 0.1) is 17.2 Å². The Balaban J connectivity index is 1.76. The van der Waals surface area contributed by atoms with E-state index in [1.807, 2.05) is 50.2 Å². The third-order valence-electron chi connectivity index (χ3n) is 5.19. The predicted molar refractivity (Wildman–Crippen MR) is 110 cm³/mol. The molecule has 150 valence electrons. The fraction of sp³-hybridized carbons (Fsp3) is 0.348. The predicted octanol–water partition coefficient (Wildman–Crippen LogP) is 3.36. The van der Waals surface area contributed by atoms with Gasteiger partial charge in [-0.15, -0.1) is 0 Å². The highest BCUT2D eigenvalue weighted by molar-refractivity contribution is 6.01. The summed E-state index contributed by atoms with van der Waals surface area (Å²) in [4.78, 5) is 29.3.